The molecule has 2 saturated heterocycles. The second-order valence-electron chi connectivity index (χ2n) is 17.1. The van der Waals surface area contributed by atoms with E-state index in [0.29, 0.717) is 62.8 Å². The van der Waals surface area contributed by atoms with Gasteiger partial charge >= 0.3 is 0 Å². The van der Waals surface area contributed by atoms with Gasteiger partial charge in [-0.1, -0.05) is 26.0 Å². The summed E-state index contributed by atoms with van der Waals surface area (Å²) in [4.78, 5) is 27.5. The number of anilines is 6. The van der Waals surface area contributed by atoms with Gasteiger partial charge in [0.1, 0.15) is 43.7 Å². The molecule has 0 saturated carbocycles. The summed E-state index contributed by atoms with van der Waals surface area (Å²) >= 11 is 0. The molecule has 0 atom stereocenters. The predicted octanol–water partition coefficient (Wildman–Crippen LogP) is 8.96. The maximum absolute atomic E-state index is 14.3. The van der Waals surface area contributed by atoms with Crippen LogP contribution in [0.2, 0.25) is 0 Å². The Morgan fingerprint density at radius 2 is 1.21 bits per heavy atom. The van der Waals surface area contributed by atoms with Gasteiger partial charge in [-0.25, -0.2) is 24.3 Å². The van der Waals surface area contributed by atoms with Crippen molar-refractivity contribution in [3.8, 4) is 45.5 Å². The van der Waals surface area contributed by atoms with Crippen LogP contribution in [0.3, 0.4) is 0 Å². The first-order valence-corrected chi connectivity index (χ1v) is 24.3. The topological polar surface area (TPSA) is 144 Å². The molecule has 380 valence electrons. The SMILES string of the molecule is CC.CN1CCN(c2ccc3cc2OCCOCCOc2cc(cc(F)c2F)-c2ccnc(n2)N3)CC1.Cc1cnc2nc1-c1cccc(c1)OCCOCCOc1cc(cc(N3CCN(C)CC3)c1)N2.[HH].[HH]. The molecule has 2 N–H and O–H groups in total. The van der Waals surface area contributed by atoms with Crippen molar-refractivity contribution in [2.45, 2.75) is 20.8 Å². The van der Waals surface area contributed by atoms with E-state index in [-0.39, 0.29) is 21.8 Å². The maximum Gasteiger partial charge on any atom is 0.227 e. The Balaban J connectivity index is 0.000000225. The first-order chi connectivity index (χ1) is 34.7. The quantitative estimate of drug-likeness (QED) is 0.170. The molecule has 2 aromatic heterocycles. The zero-order valence-corrected chi connectivity index (χ0v) is 41.3. The lowest BCUT2D eigenvalue weighted by atomic mass is 10.1. The lowest BCUT2D eigenvalue weighted by Crippen LogP contribution is -2.44. The molecule has 16 nitrogen and oxygen atoms in total. The van der Waals surface area contributed by atoms with Gasteiger partial charge in [0, 0.05) is 114 Å². The van der Waals surface area contributed by atoms with E-state index in [1.54, 1.807) is 12.3 Å². The van der Waals surface area contributed by atoms with Gasteiger partial charge in [0.2, 0.25) is 17.7 Å². The largest absolute Gasteiger partial charge is 0.491 e. The van der Waals surface area contributed by atoms with Crippen molar-refractivity contribution in [1.29, 1.82) is 0 Å². The number of hydrogen-bond donors (Lipinski definition) is 2. The Hall–Kier alpha value is -6.86. The number of halogens is 2. The molecular formula is C53H68F2N10O6. The Labute approximate surface area is 417 Å². The predicted molar refractivity (Wildman–Crippen MR) is 278 cm³/mol. The summed E-state index contributed by atoms with van der Waals surface area (Å²) in [6.07, 6.45) is 3.41. The van der Waals surface area contributed by atoms with Gasteiger partial charge in [-0.3, -0.25) is 0 Å². The van der Waals surface area contributed by atoms with Crippen LogP contribution in [0.5, 0.6) is 23.0 Å². The molecule has 12 bridgehead atoms. The van der Waals surface area contributed by atoms with Crippen molar-refractivity contribution >= 4 is 34.6 Å². The molecule has 0 unspecified atom stereocenters. The van der Waals surface area contributed by atoms with Crippen molar-refractivity contribution < 1.29 is 40.1 Å². The molecule has 4 aromatic carbocycles. The number of aromatic nitrogens is 4. The van der Waals surface area contributed by atoms with E-state index in [2.05, 4.69) is 71.4 Å². The summed E-state index contributed by atoms with van der Waals surface area (Å²) < 4.78 is 63.3. The van der Waals surface area contributed by atoms with Crippen LogP contribution in [0.4, 0.5) is 43.4 Å². The number of nitrogens with zero attached hydrogens (tertiary/aromatic N) is 8. The average Bonchev–Trinajstić information content (AvgIpc) is 3.38. The van der Waals surface area contributed by atoms with E-state index in [0.717, 1.165) is 115 Å². The molecule has 0 aliphatic carbocycles. The Bertz CT molecular complexity index is 2700. The molecule has 0 amide bonds. The molecule has 6 aromatic rings. The minimum atomic E-state index is -1.05. The summed E-state index contributed by atoms with van der Waals surface area (Å²) in [7, 11) is 4.28. The van der Waals surface area contributed by atoms with Gasteiger partial charge in [0.25, 0.3) is 0 Å². The lowest BCUT2D eigenvalue weighted by molar-refractivity contribution is 0.0753. The van der Waals surface area contributed by atoms with Crippen molar-refractivity contribution in [2.75, 3.05) is 140 Å². The molecule has 4 aliphatic rings. The zero-order valence-electron chi connectivity index (χ0n) is 41.3. The molecule has 2 fully saturated rings. The van der Waals surface area contributed by atoms with Gasteiger partial charge in [0.05, 0.1) is 43.5 Å². The third-order valence-corrected chi connectivity index (χ3v) is 12.1. The summed E-state index contributed by atoms with van der Waals surface area (Å²) in [5, 5.41) is 6.59. The number of ether oxygens (including phenoxy) is 6. The van der Waals surface area contributed by atoms with Gasteiger partial charge in [-0.15, -0.1) is 0 Å². The van der Waals surface area contributed by atoms with Gasteiger partial charge in [-0.2, -0.15) is 4.39 Å². The van der Waals surface area contributed by atoms with Crippen LogP contribution in [0, 0.1) is 18.6 Å². The van der Waals surface area contributed by atoms with Crippen molar-refractivity contribution in [2.24, 2.45) is 0 Å². The second-order valence-corrected chi connectivity index (χ2v) is 17.1. The highest BCUT2D eigenvalue weighted by atomic mass is 19.2. The first-order valence-electron chi connectivity index (χ1n) is 24.3. The number of piperazine rings is 2. The Kier molecular flexibility index (Phi) is 17.7. The van der Waals surface area contributed by atoms with E-state index < -0.39 is 11.6 Å². The smallest absolute Gasteiger partial charge is 0.227 e. The highest BCUT2D eigenvalue weighted by molar-refractivity contribution is 5.71. The van der Waals surface area contributed by atoms with Crippen LogP contribution < -0.4 is 39.4 Å². The maximum atomic E-state index is 14.3. The second kappa shape index (κ2) is 24.8. The summed E-state index contributed by atoms with van der Waals surface area (Å²) in [6, 6.07) is 24.2. The third-order valence-electron chi connectivity index (χ3n) is 12.1. The van der Waals surface area contributed by atoms with E-state index in [1.165, 1.54) is 6.07 Å². The highest BCUT2D eigenvalue weighted by Gasteiger charge is 2.21. The number of aryl methyl sites for hydroxylation is 1. The standard InChI is InChI=1S/C26H31N5O3.C25H27F2N5O3.C2H6.2H2/c1-19-18-27-26-28-21-15-22(31-8-6-30(2)7-9-31)17-24(16-21)34-13-11-32-10-12-33-23-5-3-4-20(14-23)25(19)29-26;1-31-6-8-32(9-7-31)21-3-2-18-16-22(21)34-12-10-33-11-13-35-23-15-17(14-19(26)24(23)27)20-4-5-28-25(29-18)30-20;1-2;;/h3-5,14-18H,6-13H2,1-2H3,(H,27,28,29);2-5,14-16H,6-13H2,1H3,(H,28,29,30);1-2H3;2*1H. The number of nitrogens with one attached hydrogen (secondary N) is 2. The highest BCUT2D eigenvalue weighted by Crippen LogP contribution is 2.35. The fraction of sp³-hybridized carbons (Fsp3) is 0.396. The fourth-order valence-electron chi connectivity index (χ4n) is 8.25. The molecule has 71 heavy (non-hydrogen) atoms. The first kappa shape index (κ1) is 50.5. The molecule has 4 aliphatic heterocycles. The van der Waals surface area contributed by atoms with Gasteiger partial charge in [-0.05, 0) is 75.1 Å². The molecule has 0 spiro atoms. The van der Waals surface area contributed by atoms with Gasteiger partial charge in [0.15, 0.2) is 11.6 Å². The molecule has 18 heteroatoms. The van der Waals surface area contributed by atoms with Crippen LogP contribution in [0.15, 0.2) is 91.3 Å². The third kappa shape index (κ3) is 13.7. The number of likely N-dealkylation sites (N-methyl/N-ethyl adjacent to an activating group) is 2. The van der Waals surface area contributed by atoms with Crippen molar-refractivity contribution in [3.05, 3.63) is 108 Å². The van der Waals surface area contributed by atoms with E-state index in [1.807, 2.05) is 75.5 Å². The zero-order chi connectivity index (χ0) is 49.5. The van der Waals surface area contributed by atoms with Crippen molar-refractivity contribution in [1.82, 2.24) is 29.7 Å². The van der Waals surface area contributed by atoms with Crippen molar-refractivity contribution in [3.63, 3.8) is 0 Å². The van der Waals surface area contributed by atoms with Crippen LogP contribution in [0.25, 0.3) is 22.5 Å². The summed E-state index contributed by atoms with van der Waals surface area (Å²) in [6.45, 7) is 16.7. The number of benzene rings is 4. The van der Waals surface area contributed by atoms with E-state index in [9.17, 15) is 8.78 Å². The van der Waals surface area contributed by atoms with Crippen LogP contribution in [-0.2, 0) is 9.47 Å². The molecule has 0 radical (unpaired) electrons. The Morgan fingerprint density at radius 1 is 0.563 bits per heavy atom. The monoisotopic (exact) mass is 979 g/mol. The number of fused-ring (bicyclic) bond motifs is 14. The van der Waals surface area contributed by atoms with Gasteiger partial charge < -0.3 is 58.7 Å². The molecular weight excluding hydrogens is 911 g/mol. The van der Waals surface area contributed by atoms with Crippen LogP contribution >= 0.6 is 0 Å². The van der Waals surface area contributed by atoms with E-state index in [4.69, 9.17) is 33.4 Å². The van der Waals surface area contributed by atoms with Crippen LogP contribution in [-0.4, -0.2) is 149 Å². The lowest BCUT2D eigenvalue weighted by Gasteiger charge is -2.35. The molecule has 6 heterocycles. The van der Waals surface area contributed by atoms with E-state index >= 15 is 0 Å². The minimum absolute atomic E-state index is 0. The Morgan fingerprint density at radius 3 is 1.94 bits per heavy atom. The average molecular weight is 979 g/mol. The normalized spacial score (nSPS) is 16.7. The number of rotatable bonds is 2. The summed E-state index contributed by atoms with van der Waals surface area (Å²) in [5.41, 5.74) is 7.44. The fourth-order valence-corrected chi connectivity index (χ4v) is 8.25. The number of hydrogen-bond acceptors (Lipinski definition) is 16. The van der Waals surface area contributed by atoms with Crippen LogP contribution in [0.1, 0.15) is 22.3 Å². The summed E-state index contributed by atoms with van der Waals surface area (Å²) in [5.74, 6) is 0.926. The molecule has 10 rings (SSSR count). The minimum Gasteiger partial charge on any atom is -0.491 e.